The molecule has 10 heteroatoms. The summed E-state index contributed by atoms with van der Waals surface area (Å²) in [7, 11) is 0. The van der Waals surface area contributed by atoms with Crippen LogP contribution in [0.15, 0.2) is 30.3 Å². The van der Waals surface area contributed by atoms with E-state index in [0.29, 0.717) is 19.4 Å². The van der Waals surface area contributed by atoms with E-state index in [1.54, 1.807) is 12.1 Å². The number of hydrogen-bond donors (Lipinski definition) is 5. The lowest BCUT2D eigenvalue weighted by Crippen LogP contribution is -2.58. The first kappa shape index (κ1) is 24.3. The number of carbonyl (C=O) groups excluding carboxylic acids is 3. The Balaban J connectivity index is 2.20. The molecule has 3 amide bonds. The van der Waals surface area contributed by atoms with Crippen LogP contribution in [0.4, 0.5) is 0 Å². The van der Waals surface area contributed by atoms with Gasteiger partial charge in [-0.2, -0.15) is 0 Å². The van der Waals surface area contributed by atoms with Crippen molar-refractivity contribution >= 4 is 23.7 Å². The Morgan fingerprint density at radius 3 is 2.39 bits per heavy atom. The zero-order valence-corrected chi connectivity index (χ0v) is 17.7. The van der Waals surface area contributed by atoms with E-state index in [9.17, 15) is 24.3 Å². The maximum Gasteiger partial charge on any atom is 0.325 e. The molecule has 1 saturated heterocycles. The highest BCUT2D eigenvalue weighted by Crippen LogP contribution is 2.20. The molecule has 5 unspecified atom stereocenters. The van der Waals surface area contributed by atoms with Gasteiger partial charge in [0.25, 0.3) is 0 Å². The number of likely N-dealkylation sites (tertiary alicyclic amines) is 1. The molecule has 0 radical (unpaired) electrons. The second kappa shape index (κ2) is 10.9. The zero-order valence-electron chi connectivity index (χ0n) is 17.7. The summed E-state index contributed by atoms with van der Waals surface area (Å²) in [5, 5.41) is 23.6. The van der Waals surface area contributed by atoms with Crippen molar-refractivity contribution in [3.8, 4) is 0 Å². The largest absolute Gasteiger partial charge is 0.480 e. The van der Waals surface area contributed by atoms with Crippen molar-refractivity contribution in [1.29, 1.82) is 0 Å². The summed E-state index contributed by atoms with van der Waals surface area (Å²) in [6.07, 6.45) is 0.0392. The molecule has 2 rings (SSSR count). The second-order valence-electron chi connectivity index (χ2n) is 7.78. The highest BCUT2D eigenvalue weighted by molar-refractivity contribution is 5.94. The molecule has 10 nitrogen and oxygen atoms in total. The molecule has 1 fully saturated rings. The van der Waals surface area contributed by atoms with E-state index in [2.05, 4.69) is 10.6 Å². The molecule has 1 aromatic carbocycles. The molecule has 31 heavy (non-hydrogen) atoms. The first-order valence-corrected chi connectivity index (χ1v) is 10.2. The van der Waals surface area contributed by atoms with Crippen molar-refractivity contribution in [3.63, 3.8) is 0 Å². The molecule has 5 atom stereocenters. The van der Waals surface area contributed by atoms with Crippen molar-refractivity contribution in [1.82, 2.24) is 15.5 Å². The average Bonchev–Trinajstić information content (AvgIpc) is 3.22. The quantitative estimate of drug-likeness (QED) is 0.333. The van der Waals surface area contributed by atoms with Gasteiger partial charge in [0.1, 0.15) is 24.2 Å². The number of aliphatic hydroxyl groups excluding tert-OH is 1. The number of rotatable bonds is 9. The van der Waals surface area contributed by atoms with E-state index in [-0.39, 0.29) is 6.42 Å². The highest BCUT2D eigenvalue weighted by atomic mass is 16.4. The summed E-state index contributed by atoms with van der Waals surface area (Å²) in [5.41, 5.74) is 6.50. The Kier molecular flexibility index (Phi) is 8.52. The van der Waals surface area contributed by atoms with Crippen LogP contribution < -0.4 is 16.4 Å². The molecule has 170 valence electrons. The molecular weight excluding hydrogens is 404 g/mol. The minimum absolute atomic E-state index is 0.175. The van der Waals surface area contributed by atoms with Gasteiger partial charge in [0.2, 0.25) is 17.7 Å². The van der Waals surface area contributed by atoms with Crippen LogP contribution in [0.25, 0.3) is 0 Å². The first-order valence-electron chi connectivity index (χ1n) is 10.2. The lowest BCUT2D eigenvalue weighted by Gasteiger charge is -2.30. The minimum Gasteiger partial charge on any atom is -0.480 e. The number of amides is 3. The Hall–Kier alpha value is -2.98. The third-order valence-corrected chi connectivity index (χ3v) is 5.29. The molecule has 0 bridgehead atoms. The van der Waals surface area contributed by atoms with Gasteiger partial charge in [-0.1, -0.05) is 30.3 Å². The van der Waals surface area contributed by atoms with Crippen LogP contribution in [0.3, 0.4) is 0 Å². The molecule has 0 spiro atoms. The molecule has 0 aromatic heterocycles. The molecule has 1 aromatic rings. The van der Waals surface area contributed by atoms with Crippen molar-refractivity contribution in [2.24, 2.45) is 5.73 Å². The van der Waals surface area contributed by atoms with Crippen LogP contribution in [0, 0.1) is 0 Å². The summed E-state index contributed by atoms with van der Waals surface area (Å²) in [6.45, 7) is 3.03. The van der Waals surface area contributed by atoms with E-state index in [4.69, 9.17) is 10.8 Å². The Bertz CT molecular complexity index is 800. The number of carboxylic acid groups (broad SMARTS) is 1. The van der Waals surface area contributed by atoms with Crippen molar-refractivity contribution in [2.45, 2.75) is 63.4 Å². The van der Waals surface area contributed by atoms with Gasteiger partial charge in [0, 0.05) is 13.0 Å². The van der Waals surface area contributed by atoms with Gasteiger partial charge in [0.15, 0.2) is 0 Å². The molecule has 1 aliphatic heterocycles. The number of nitrogens with zero attached hydrogens (tertiary/aromatic N) is 1. The standard InChI is InChI=1S/C21H30N4O6/c1-12(21(30)31)23-18(27)16-9-6-10-25(16)20(29)15(11-14-7-4-3-5-8-14)24-19(28)17(22)13(2)26/h3-5,7-8,12-13,15-17,26H,6,9-11,22H2,1-2H3,(H,23,27)(H,24,28)(H,30,31). The van der Waals surface area contributed by atoms with E-state index >= 15 is 0 Å². The van der Waals surface area contributed by atoms with Gasteiger partial charge in [-0.05, 0) is 32.3 Å². The predicted octanol–water partition coefficient (Wildman–Crippen LogP) is -0.998. The van der Waals surface area contributed by atoms with Crippen LogP contribution >= 0.6 is 0 Å². The summed E-state index contributed by atoms with van der Waals surface area (Å²) >= 11 is 0. The van der Waals surface area contributed by atoms with E-state index in [0.717, 1.165) is 5.56 Å². The maximum atomic E-state index is 13.3. The van der Waals surface area contributed by atoms with Crippen LogP contribution in [-0.4, -0.2) is 75.6 Å². The fourth-order valence-corrected chi connectivity index (χ4v) is 3.41. The van der Waals surface area contributed by atoms with Gasteiger partial charge in [-0.25, -0.2) is 0 Å². The maximum absolute atomic E-state index is 13.3. The van der Waals surface area contributed by atoms with Crippen LogP contribution in [0.5, 0.6) is 0 Å². The van der Waals surface area contributed by atoms with Crippen molar-refractivity contribution < 1.29 is 29.4 Å². The first-order chi connectivity index (χ1) is 14.6. The number of nitrogens with two attached hydrogens (primary N) is 1. The second-order valence-corrected chi connectivity index (χ2v) is 7.78. The number of aliphatic carboxylic acids is 1. The van der Waals surface area contributed by atoms with E-state index in [1.165, 1.54) is 18.7 Å². The van der Waals surface area contributed by atoms with Crippen LogP contribution in [0.2, 0.25) is 0 Å². The normalized spacial score (nSPS) is 19.7. The number of hydrogen-bond acceptors (Lipinski definition) is 6. The van der Waals surface area contributed by atoms with Crippen LogP contribution in [0.1, 0.15) is 32.3 Å². The van der Waals surface area contributed by atoms with Gasteiger partial charge in [-0.3, -0.25) is 19.2 Å². The molecule has 1 heterocycles. The van der Waals surface area contributed by atoms with Crippen LogP contribution in [-0.2, 0) is 25.6 Å². The fraction of sp³-hybridized carbons (Fsp3) is 0.524. The van der Waals surface area contributed by atoms with Crippen molar-refractivity contribution in [3.05, 3.63) is 35.9 Å². The summed E-state index contributed by atoms with van der Waals surface area (Å²) in [4.78, 5) is 50.7. The average molecular weight is 434 g/mol. The smallest absolute Gasteiger partial charge is 0.325 e. The Morgan fingerprint density at radius 2 is 1.81 bits per heavy atom. The Morgan fingerprint density at radius 1 is 1.16 bits per heavy atom. The van der Waals surface area contributed by atoms with Gasteiger partial charge in [0.05, 0.1) is 6.10 Å². The van der Waals surface area contributed by atoms with E-state index < -0.39 is 54.0 Å². The van der Waals surface area contributed by atoms with Gasteiger partial charge >= 0.3 is 5.97 Å². The lowest BCUT2D eigenvalue weighted by atomic mass is 10.0. The molecule has 0 aliphatic carbocycles. The predicted molar refractivity (Wildman–Crippen MR) is 112 cm³/mol. The van der Waals surface area contributed by atoms with E-state index in [1.807, 2.05) is 18.2 Å². The third kappa shape index (κ3) is 6.50. The third-order valence-electron chi connectivity index (χ3n) is 5.29. The number of aliphatic hydroxyl groups is 1. The minimum atomic E-state index is -1.21. The molecular formula is C21H30N4O6. The van der Waals surface area contributed by atoms with Crippen molar-refractivity contribution in [2.75, 3.05) is 6.54 Å². The number of carbonyl (C=O) groups is 4. The topological polar surface area (TPSA) is 162 Å². The Labute approximate surface area is 180 Å². The summed E-state index contributed by atoms with van der Waals surface area (Å²) < 4.78 is 0. The zero-order chi connectivity index (χ0) is 23.1. The van der Waals surface area contributed by atoms with Gasteiger partial charge < -0.3 is 31.5 Å². The molecule has 6 N–H and O–H groups in total. The molecule has 0 saturated carbocycles. The monoisotopic (exact) mass is 434 g/mol. The molecule has 1 aliphatic rings. The lowest BCUT2D eigenvalue weighted by molar-refractivity contribution is -0.144. The summed E-state index contributed by atoms with van der Waals surface area (Å²) in [5.74, 6) is -2.86. The number of benzene rings is 1. The highest BCUT2D eigenvalue weighted by Gasteiger charge is 2.39. The fourth-order valence-electron chi connectivity index (χ4n) is 3.41. The SMILES string of the molecule is CC(NC(=O)C1CCCN1C(=O)C(Cc1ccccc1)NC(=O)C(N)C(C)O)C(=O)O. The van der Waals surface area contributed by atoms with Gasteiger partial charge in [-0.15, -0.1) is 0 Å². The summed E-state index contributed by atoms with van der Waals surface area (Å²) in [6, 6.07) is 4.94. The number of carboxylic acids is 1. The number of nitrogens with one attached hydrogen (secondary N) is 2.